The van der Waals surface area contributed by atoms with E-state index in [2.05, 4.69) is 5.92 Å². The van der Waals surface area contributed by atoms with E-state index < -0.39 is 37.3 Å². The minimum Gasteiger partial charge on any atom is -0.394 e. The first kappa shape index (κ1) is 21.2. The second-order valence-corrected chi connectivity index (χ2v) is 5.05. The standard InChI is InChI=1S/C15H26O9/c1-2-3-20-4-5-21-6-7-22-8-9-23-15-14(19)13(18)12(17)11(10-16)24-15/h1,11-19H,3-10H2/t11-,12+,13+,14-,15-/m1/s1. The Kier molecular flexibility index (Phi) is 11.1. The molecule has 5 atom stereocenters. The first-order chi connectivity index (χ1) is 11.6. The molecule has 0 spiro atoms. The monoisotopic (exact) mass is 350 g/mol. The van der Waals surface area contributed by atoms with Gasteiger partial charge in [-0.1, -0.05) is 5.92 Å². The molecule has 1 saturated heterocycles. The highest BCUT2D eigenvalue weighted by Gasteiger charge is 2.43. The van der Waals surface area contributed by atoms with Gasteiger partial charge in [-0.15, -0.1) is 6.42 Å². The van der Waals surface area contributed by atoms with E-state index in [0.29, 0.717) is 26.4 Å². The van der Waals surface area contributed by atoms with E-state index in [9.17, 15) is 15.3 Å². The molecule has 24 heavy (non-hydrogen) atoms. The summed E-state index contributed by atoms with van der Waals surface area (Å²) in [6, 6.07) is 0. The van der Waals surface area contributed by atoms with Gasteiger partial charge in [0, 0.05) is 0 Å². The summed E-state index contributed by atoms with van der Waals surface area (Å²) in [5, 5.41) is 38.0. The smallest absolute Gasteiger partial charge is 0.186 e. The number of aliphatic hydroxyl groups is 4. The molecule has 1 fully saturated rings. The Hall–Kier alpha value is -0.800. The summed E-state index contributed by atoms with van der Waals surface area (Å²) in [5.74, 6) is 2.35. The lowest BCUT2D eigenvalue weighted by Crippen LogP contribution is -2.59. The third-order valence-electron chi connectivity index (χ3n) is 3.29. The van der Waals surface area contributed by atoms with E-state index in [1.807, 2.05) is 0 Å². The molecule has 0 aliphatic carbocycles. The Morgan fingerprint density at radius 1 is 0.833 bits per heavy atom. The van der Waals surface area contributed by atoms with Gasteiger partial charge in [-0.3, -0.25) is 0 Å². The normalized spacial score (nSPS) is 30.2. The lowest BCUT2D eigenvalue weighted by Gasteiger charge is -2.39. The Morgan fingerprint density at radius 3 is 2.00 bits per heavy atom. The Labute approximate surface area is 141 Å². The van der Waals surface area contributed by atoms with Crippen LogP contribution in [0, 0.1) is 12.3 Å². The molecule has 0 saturated carbocycles. The van der Waals surface area contributed by atoms with Crippen molar-refractivity contribution in [2.75, 3.05) is 52.9 Å². The maximum absolute atomic E-state index is 9.76. The Morgan fingerprint density at radius 2 is 1.42 bits per heavy atom. The fourth-order valence-electron chi connectivity index (χ4n) is 2.00. The van der Waals surface area contributed by atoms with E-state index in [1.54, 1.807) is 0 Å². The number of hydrogen-bond donors (Lipinski definition) is 4. The predicted molar refractivity (Wildman–Crippen MR) is 81.0 cm³/mol. The fourth-order valence-corrected chi connectivity index (χ4v) is 2.00. The SMILES string of the molecule is C#CCOCCOCCOCCO[C@@H]1O[C@H](CO)[C@H](O)[C@H](O)[C@H]1O. The van der Waals surface area contributed by atoms with Crippen LogP contribution in [0.5, 0.6) is 0 Å². The Bertz CT molecular complexity index is 357. The van der Waals surface area contributed by atoms with Gasteiger partial charge in [0.05, 0.1) is 46.2 Å². The van der Waals surface area contributed by atoms with E-state index in [0.717, 1.165) is 0 Å². The van der Waals surface area contributed by atoms with Crippen molar-refractivity contribution < 1.29 is 44.1 Å². The summed E-state index contributed by atoms with van der Waals surface area (Å²) in [6.45, 7) is 1.68. The maximum atomic E-state index is 9.76. The zero-order valence-corrected chi connectivity index (χ0v) is 13.5. The second kappa shape index (κ2) is 12.5. The molecular formula is C15H26O9. The number of hydrogen-bond acceptors (Lipinski definition) is 9. The van der Waals surface area contributed by atoms with Crippen LogP contribution in [0.4, 0.5) is 0 Å². The molecule has 0 aromatic carbocycles. The number of ether oxygens (including phenoxy) is 5. The highest BCUT2D eigenvalue weighted by atomic mass is 16.7. The summed E-state index contributed by atoms with van der Waals surface area (Å²) in [6.07, 6.45) is -1.37. The number of terminal acetylenes is 1. The molecule has 1 aliphatic heterocycles. The van der Waals surface area contributed by atoms with Crippen molar-refractivity contribution >= 4 is 0 Å². The van der Waals surface area contributed by atoms with E-state index in [1.165, 1.54) is 0 Å². The third kappa shape index (κ3) is 7.40. The van der Waals surface area contributed by atoms with Crippen LogP contribution < -0.4 is 0 Å². The van der Waals surface area contributed by atoms with Crippen LogP contribution in [0.3, 0.4) is 0 Å². The average Bonchev–Trinajstić information content (AvgIpc) is 2.59. The van der Waals surface area contributed by atoms with E-state index in [-0.39, 0.29) is 19.8 Å². The van der Waals surface area contributed by atoms with Crippen LogP contribution in [-0.2, 0) is 23.7 Å². The van der Waals surface area contributed by atoms with Crippen molar-refractivity contribution in [3.63, 3.8) is 0 Å². The highest BCUT2D eigenvalue weighted by Crippen LogP contribution is 2.21. The van der Waals surface area contributed by atoms with Crippen LogP contribution in [-0.4, -0.2) is 104 Å². The molecule has 1 rings (SSSR count). The molecule has 9 nitrogen and oxygen atoms in total. The largest absolute Gasteiger partial charge is 0.394 e. The van der Waals surface area contributed by atoms with E-state index >= 15 is 0 Å². The molecule has 0 bridgehead atoms. The van der Waals surface area contributed by atoms with Crippen LogP contribution in [0.1, 0.15) is 0 Å². The molecule has 0 unspecified atom stereocenters. The van der Waals surface area contributed by atoms with Gasteiger partial charge in [0.25, 0.3) is 0 Å². The van der Waals surface area contributed by atoms with Gasteiger partial charge < -0.3 is 44.1 Å². The third-order valence-corrected chi connectivity index (χ3v) is 3.29. The Balaban J connectivity index is 2.03. The summed E-state index contributed by atoms with van der Waals surface area (Å²) < 4.78 is 26.0. The van der Waals surface area contributed by atoms with Crippen LogP contribution in [0.15, 0.2) is 0 Å². The lowest BCUT2D eigenvalue weighted by molar-refractivity contribution is -0.302. The summed E-state index contributed by atoms with van der Waals surface area (Å²) in [7, 11) is 0. The summed E-state index contributed by atoms with van der Waals surface area (Å²) in [4.78, 5) is 0. The maximum Gasteiger partial charge on any atom is 0.186 e. The van der Waals surface area contributed by atoms with Gasteiger partial charge in [-0.2, -0.15) is 0 Å². The van der Waals surface area contributed by atoms with Crippen LogP contribution in [0.25, 0.3) is 0 Å². The van der Waals surface area contributed by atoms with Crippen molar-refractivity contribution in [1.82, 2.24) is 0 Å². The zero-order valence-electron chi connectivity index (χ0n) is 13.5. The summed E-state index contributed by atoms with van der Waals surface area (Å²) >= 11 is 0. The molecule has 1 heterocycles. The summed E-state index contributed by atoms with van der Waals surface area (Å²) in [5.41, 5.74) is 0. The fraction of sp³-hybridized carbons (Fsp3) is 0.867. The molecular weight excluding hydrogens is 324 g/mol. The first-order valence-corrected chi connectivity index (χ1v) is 7.70. The molecule has 0 radical (unpaired) electrons. The van der Waals surface area contributed by atoms with Crippen molar-refractivity contribution in [2.24, 2.45) is 0 Å². The van der Waals surface area contributed by atoms with Crippen LogP contribution >= 0.6 is 0 Å². The molecule has 0 aromatic rings. The van der Waals surface area contributed by atoms with Gasteiger partial charge in [-0.05, 0) is 0 Å². The quantitative estimate of drug-likeness (QED) is 0.223. The van der Waals surface area contributed by atoms with E-state index in [4.69, 9.17) is 35.2 Å². The molecule has 0 amide bonds. The van der Waals surface area contributed by atoms with Crippen molar-refractivity contribution in [1.29, 1.82) is 0 Å². The molecule has 140 valence electrons. The zero-order chi connectivity index (χ0) is 17.8. The number of rotatable bonds is 12. The number of aliphatic hydroxyl groups excluding tert-OH is 4. The molecule has 9 heteroatoms. The lowest BCUT2D eigenvalue weighted by atomic mass is 9.99. The first-order valence-electron chi connectivity index (χ1n) is 7.70. The molecule has 1 aliphatic rings. The average molecular weight is 350 g/mol. The second-order valence-electron chi connectivity index (χ2n) is 5.05. The highest BCUT2D eigenvalue weighted by molar-refractivity contribution is 4.88. The van der Waals surface area contributed by atoms with Gasteiger partial charge >= 0.3 is 0 Å². The van der Waals surface area contributed by atoms with Crippen molar-refractivity contribution in [3.05, 3.63) is 0 Å². The van der Waals surface area contributed by atoms with Crippen molar-refractivity contribution in [2.45, 2.75) is 30.7 Å². The predicted octanol–water partition coefficient (Wildman–Crippen LogP) is -2.51. The van der Waals surface area contributed by atoms with Gasteiger partial charge in [-0.25, -0.2) is 0 Å². The molecule has 0 aromatic heterocycles. The minimum absolute atomic E-state index is 0.105. The van der Waals surface area contributed by atoms with Gasteiger partial charge in [0.2, 0.25) is 0 Å². The topological polar surface area (TPSA) is 127 Å². The van der Waals surface area contributed by atoms with Gasteiger partial charge in [0.1, 0.15) is 31.0 Å². The van der Waals surface area contributed by atoms with Crippen LogP contribution in [0.2, 0.25) is 0 Å². The minimum atomic E-state index is -1.45. The van der Waals surface area contributed by atoms with Crippen molar-refractivity contribution in [3.8, 4) is 12.3 Å². The van der Waals surface area contributed by atoms with Gasteiger partial charge in [0.15, 0.2) is 6.29 Å². The molecule has 4 N–H and O–H groups in total.